The summed E-state index contributed by atoms with van der Waals surface area (Å²) >= 11 is 12.2. The third kappa shape index (κ3) is 5.48. The molecule has 1 aromatic carbocycles. The average Bonchev–Trinajstić information content (AvgIpc) is 2.51. The van der Waals surface area contributed by atoms with Crippen LogP contribution in [0.2, 0.25) is 5.02 Å². The fraction of sp³-hybridized carbons (Fsp3) is 0.211. The lowest BCUT2D eigenvalue weighted by Crippen LogP contribution is -2.05. The minimum Gasteiger partial charge on any atom is -0.359 e. The van der Waals surface area contributed by atoms with Crippen LogP contribution in [0, 0.1) is 12.7 Å². The first-order valence-electron chi connectivity index (χ1n) is 7.73. The smallest absolute Gasteiger partial charge is 0.166 e. The third-order valence-electron chi connectivity index (χ3n) is 3.39. The molecule has 6 heteroatoms. The highest BCUT2D eigenvalue weighted by molar-refractivity contribution is 6.32. The number of aromatic nitrogens is 1. The summed E-state index contributed by atoms with van der Waals surface area (Å²) in [5.74, 6) is -0.346. The standard InChI is InChI=1S/C19H20Cl2FN3/c1-11-7-18(22)19(23-10-11)25-14(4)16-9-15(5-6-17(16)21)24-13(3)8-12(2)20/h5-7,9-10,12,24H,3-4,8H2,1-2H3,(H,23,25). The van der Waals surface area contributed by atoms with Gasteiger partial charge < -0.3 is 10.6 Å². The van der Waals surface area contributed by atoms with Crippen LogP contribution >= 0.6 is 23.2 Å². The summed E-state index contributed by atoms with van der Waals surface area (Å²) in [5.41, 5.74) is 3.41. The molecule has 0 fully saturated rings. The van der Waals surface area contributed by atoms with Crippen molar-refractivity contribution in [3.05, 3.63) is 71.3 Å². The Morgan fingerprint density at radius 1 is 1.28 bits per heavy atom. The van der Waals surface area contributed by atoms with Crippen molar-refractivity contribution >= 4 is 40.4 Å². The Labute approximate surface area is 157 Å². The predicted molar refractivity (Wildman–Crippen MR) is 106 cm³/mol. The molecule has 0 saturated heterocycles. The third-order valence-corrected chi connectivity index (χ3v) is 3.87. The van der Waals surface area contributed by atoms with Gasteiger partial charge in [-0.05, 0) is 43.7 Å². The molecule has 0 aliphatic rings. The molecule has 1 heterocycles. The molecule has 0 saturated carbocycles. The van der Waals surface area contributed by atoms with Gasteiger partial charge in [0.1, 0.15) is 0 Å². The van der Waals surface area contributed by atoms with Gasteiger partial charge in [-0.2, -0.15) is 0 Å². The molecule has 0 amide bonds. The summed E-state index contributed by atoms with van der Waals surface area (Å²) < 4.78 is 14.0. The van der Waals surface area contributed by atoms with E-state index < -0.39 is 5.82 Å². The maximum Gasteiger partial charge on any atom is 0.166 e. The number of benzene rings is 1. The van der Waals surface area contributed by atoms with Crippen molar-refractivity contribution < 1.29 is 4.39 Å². The quantitative estimate of drug-likeness (QED) is 0.561. The van der Waals surface area contributed by atoms with Crippen molar-refractivity contribution in [3.63, 3.8) is 0 Å². The molecule has 0 aliphatic heterocycles. The normalized spacial score (nSPS) is 11.7. The van der Waals surface area contributed by atoms with E-state index in [1.807, 2.05) is 19.1 Å². The number of nitrogens with one attached hydrogen (secondary N) is 2. The summed E-state index contributed by atoms with van der Waals surface area (Å²) in [4.78, 5) is 4.04. The van der Waals surface area contributed by atoms with Crippen molar-refractivity contribution in [2.24, 2.45) is 0 Å². The summed E-state index contributed by atoms with van der Waals surface area (Å²) in [6.45, 7) is 11.6. The van der Waals surface area contributed by atoms with E-state index in [9.17, 15) is 4.39 Å². The number of hydrogen-bond donors (Lipinski definition) is 2. The Bertz CT molecular complexity index is 803. The van der Waals surface area contributed by atoms with Gasteiger partial charge in [-0.3, -0.25) is 0 Å². The van der Waals surface area contributed by atoms with Crippen LogP contribution in [0.4, 0.5) is 15.9 Å². The Morgan fingerprint density at radius 2 is 2.00 bits per heavy atom. The van der Waals surface area contributed by atoms with Crippen molar-refractivity contribution in [2.75, 3.05) is 10.6 Å². The molecule has 132 valence electrons. The van der Waals surface area contributed by atoms with E-state index in [0.29, 0.717) is 22.7 Å². The number of hydrogen-bond acceptors (Lipinski definition) is 3. The lowest BCUT2D eigenvalue weighted by molar-refractivity contribution is 0.625. The highest BCUT2D eigenvalue weighted by Gasteiger charge is 2.11. The zero-order valence-corrected chi connectivity index (χ0v) is 15.7. The van der Waals surface area contributed by atoms with Gasteiger partial charge in [-0.25, -0.2) is 9.37 Å². The number of halogens is 3. The van der Waals surface area contributed by atoms with E-state index in [2.05, 4.69) is 28.8 Å². The predicted octanol–water partition coefficient (Wildman–Crippen LogP) is 6.21. The van der Waals surface area contributed by atoms with Crippen molar-refractivity contribution in [3.8, 4) is 0 Å². The molecule has 2 rings (SSSR count). The fourth-order valence-corrected chi connectivity index (χ4v) is 2.68. The number of rotatable bonds is 7. The van der Waals surface area contributed by atoms with Gasteiger partial charge >= 0.3 is 0 Å². The molecule has 1 unspecified atom stereocenters. The zero-order chi connectivity index (χ0) is 18.6. The van der Waals surface area contributed by atoms with Gasteiger partial charge in [-0.1, -0.05) is 24.8 Å². The maximum atomic E-state index is 14.0. The topological polar surface area (TPSA) is 37.0 Å². The van der Waals surface area contributed by atoms with Crippen molar-refractivity contribution in [2.45, 2.75) is 25.6 Å². The van der Waals surface area contributed by atoms with Crippen molar-refractivity contribution in [1.82, 2.24) is 4.98 Å². The molecule has 0 radical (unpaired) electrons. The van der Waals surface area contributed by atoms with Gasteiger partial charge in [0.2, 0.25) is 0 Å². The molecule has 0 aliphatic carbocycles. The molecular weight excluding hydrogens is 360 g/mol. The van der Waals surface area contributed by atoms with Crippen LogP contribution in [-0.2, 0) is 0 Å². The molecule has 25 heavy (non-hydrogen) atoms. The zero-order valence-electron chi connectivity index (χ0n) is 14.2. The first-order chi connectivity index (χ1) is 11.8. The van der Waals surface area contributed by atoms with Crippen LogP contribution in [0.3, 0.4) is 0 Å². The number of nitrogens with zero attached hydrogens (tertiary/aromatic N) is 1. The summed E-state index contributed by atoms with van der Waals surface area (Å²) in [7, 11) is 0. The number of alkyl halides is 1. The first-order valence-corrected chi connectivity index (χ1v) is 8.54. The van der Waals surface area contributed by atoms with E-state index in [-0.39, 0.29) is 11.2 Å². The van der Waals surface area contributed by atoms with Gasteiger partial charge in [0.05, 0.1) is 5.02 Å². The number of anilines is 2. The minimum atomic E-state index is -0.448. The van der Waals surface area contributed by atoms with E-state index in [1.54, 1.807) is 19.2 Å². The monoisotopic (exact) mass is 379 g/mol. The van der Waals surface area contributed by atoms with Gasteiger partial charge in [-0.15, -0.1) is 11.6 Å². The van der Waals surface area contributed by atoms with Crippen molar-refractivity contribution in [1.29, 1.82) is 0 Å². The molecule has 2 N–H and O–H groups in total. The number of pyridine rings is 1. The Balaban J connectivity index is 2.18. The second-order valence-electron chi connectivity index (χ2n) is 5.85. The van der Waals surface area contributed by atoms with Crippen LogP contribution in [0.25, 0.3) is 5.70 Å². The largest absolute Gasteiger partial charge is 0.359 e. The molecule has 1 atom stereocenters. The van der Waals surface area contributed by atoms with E-state index >= 15 is 0 Å². The summed E-state index contributed by atoms with van der Waals surface area (Å²) in [5, 5.41) is 6.53. The summed E-state index contributed by atoms with van der Waals surface area (Å²) in [6.07, 6.45) is 2.22. The van der Waals surface area contributed by atoms with E-state index in [4.69, 9.17) is 23.2 Å². The highest BCUT2D eigenvalue weighted by atomic mass is 35.5. The van der Waals surface area contributed by atoms with Crippen LogP contribution < -0.4 is 10.6 Å². The van der Waals surface area contributed by atoms with Gasteiger partial charge in [0.15, 0.2) is 11.6 Å². The molecular formula is C19H20Cl2FN3. The van der Waals surface area contributed by atoms with E-state index in [0.717, 1.165) is 16.9 Å². The highest BCUT2D eigenvalue weighted by Crippen LogP contribution is 2.28. The average molecular weight is 380 g/mol. The van der Waals surface area contributed by atoms with Crippen LogP contribution in [0.5, 0.6) is 0 Å². The van der Waals surface area contributed by atoms with Crippen LogP contribution in [-0.4, -0.2) is 10.4 Å². The maximum absolute atomic E-state index is 14.0. The second kappa shape index (κ2) is 8.37. The first kappa shape index (κ1) is 19.3. The second-order valence-corrected chi connectivity index (χ2v) is 7.01. The number of aryl methyl sites for hydroxylation is 1. The lowest BCUT2D eigenvalue weighted by atomic mass is 10.1. The van der Waals surface area contributed by atoms with Gasteiger partial charge in [0, 0.05) is 40.6 Å². The molecule has 2 aromatic rings. The Hall–Kier alpha value is -2.04. The lowest BCUT2D eigenvalue weighted by Gasteiger charge is -2.15. The summed E-state index contributed by atoms with van der Waals surface area (Å²) in [6, 6.07) is 6.78. The minimum absolute atomic E-state index is 0.0148. The molecule has 0 bridgehead atoms. The fourth-order valence-electron chi connectivity index (χ4n) is 2.26. The molecule has 0 spiro atoms. The Morgan fingerprint density at radius 3 is 2.64 bits per heavy atom. The van der Waals surface area contributed by atoms with E-state index in [1.165, 1.54) is 6.07 Å². The van der Waals surface area contributed by atoms with Crippen LogP contribution in [0.1, 0.15) is 24.5 Å². The Kier molecular flexibility index (Phi) is 6.45. The SMILES string of the molecule is C=C(CC(C)Cl)Nc1ccc(Cl)c(C(=C)Nc2ncc(C)cc2F)c1. The molecule has 3 nitrogen and oxygen atoms in total. The molecule has 1 aromatic heterocycles. The number of allylic oxidation sites excluding steroid dienone is 1. The van der Waals surface area contributed by atoms with Gasteiger partial charge in [0.25, 0.3) is 0 Å². The van der Waals surface area contributed by atoms with Crippen LogP contribution in [0.15, 0.2) is 49.3 Å².